The summed E-state index contributed by atoms with van der Waals surface area (Å²) in [6.45, 7) is 0. The second-order valence-electron chi connectivity index (χ2n) is 6.57. The molecule has 0 aliphatic rings. The molecule has 0 saturated heterocycles. The van der Waals surface area contributed by atoms with E-state index < -0.39 is 15.9 Å². The van der Waals surface area contributed by atoms with Crippen LogP contribution in [0.3, 0.4) is 0 Å². The molecule has 0 unspecified atom stereocenters. The van der Waals surface area contributed by atoms with E-state index in [0.717, 1.165) is 5.39 Å². The fourth-order valence-electron chi connectivity index (χ4n) is 2.89. The highest BCUT2D eigenvalue weighted by Gasteiger charge is 2.19. The van der Waals surface area contributed by atoms with Gasteiger partial charge in [0.25, 0.3) is 15.9 Å². The highest BCUT2D eigenvalue weighted by Crippen LogP contribution is 2.29. The molecule has 0 saturated carbocycles. The van der Waals surface area contributed by atoms with Gasteiger partial charge in [0.15, 0.2) is 0 Å². The number of carbonyl (C=O) groups excluding carboxylic acids is 1. The van der Waals surface area contributed by atoms with E-state index in [-0.39, 0.29) is 32.0 Å². The Labute approximate surface area is 188 Å². The molecule has 1 heterocycles. The predicted octanol–water partition coefficient (Wildman–Crippen LogP) is 5.59. The second-order valence-corrected chi connectivity index (χ2v) is 9.07. The third-order valence-corrected chi connectivity index (χ3v) is 6.47. The van der Waals surface area contributed by atoms with E-state index in [1.807, 2.05) is 18.2 Å². The first-order valence-corrected chi connectivity index (χ1v) is 11.3. The molecule has 4 rings (SSSR count). The van der Waals surface area contributed by atoms with E-state index in [9.17, 15) is 13.2 Å². The van der Waals surface area contributed by atoms with Gasteiger partial charge in [0, 0.05) is 5.39 Å². The lowest BCUT2D eigenvalue weighted by Gasteiger charge is -2.12. The maximum Gasteiger partial charge on any atom is 0.274 e. The molecule has 6 nitrogen and oxygen atoms in total. The summed E-state index contributed by atoms with van der Waals surface area (Å²) >= 11 is 12.2. The molecule has 9 heteroatoms. The molecule has 3 aromatic carbocycles. The molecule has 156 valence electrons. The summed E-state index contributed by atoms with van der Waals surface area (Å²) in [4.78, 5) is 16.9. The maximum absolute atomic E-state index is 12.8. The van der Waals surface area contributed by atoms with E-state index in [4.69, 9.17) is 23.2 Å². The van der Waals surface area contributed by atoms with Crippen molar-refractivity contribution in [2.24, 2.45) is 0 Å². The Balaban J connectivity index is 1.61. The van der Waals surface area contributed by atoms with E-state index >= 15 is 0 Å². The van der Waals surface area contributed by atoms with Gasteiger partial charge in [-0.2, -0.15) is 0 Å². The summed E-state index contributed by atoms with van der Waals surface area (Å²) in [6.07, 6.45) is 0. The van der Waals surface area contributed by atoms with Crippen LogP contribution in [-0.4, -0.2) is 19.3 Å². The number of benzene rings is 3. The van der Waals surface area contributed by atoms with Crippen LogP contribution in [0.4, 0.5) is 11.4 Å². The van der Waals surface area contributed by atoms with Crippen LogP contribution < -0.4 is 10.0 Å². The lowest BCUT2D eigenvalue weighted by Crippen LogP contribution is -2.16. The molecule has 1 aromatic heterocycles. The van der Waals surface area contributed by atoms with Gasteiger partial charge in [-0.1, -0.05) is 59.6 Å². The van der Waals surface area contributed by atoms with Gasteiger partial charge in [-0.05, 0) is 42.5 Å². The number of nitrogens with zero attached hydrogens (tertiary/aromatic N) is 1. The molecule has 1 amide bonds. The number of hydrogen-bond acceptors (Lipinski definition) is 4. The zero-order chi connectivity index (χ0) is 22.0. The number of aromatic nitrogens is 1. The van der Waals surface area contributed by atoms with Gasteiger partial charge in [0.05, 0.1) is 31.8 Å². The van der Waals surface area contributed by atoms with Gasteiger partial charge in [-0.15, -0.1) is 0 Å². The average Bonchev–Trinajstić information content (AvgIpc) is 2.76. The first kappa shape index (κ1) is 21.1. The fraction of sp³-hybridized carbons (Fsp3) is 0. The number of amides is 1. The third-order valence-electron chi connectivity index (χ3n) is 4.45. The van der Waals surface area contributed by atoms with Crippen LogP contribution in [0.15, 0.2) is 83.8 Å². The minimum absolute atomic E-state index is 0.0846. The molecule has 0 bridgehead atoms. The minimum atomic E-state index is -3.96. The molecule has 0 spiro atoms. The Morgan fingerprint density at radius 1 is 0.806 bits per heavy atom. The van der Waals surface area contributed by atoms with Crippen LogP contribution in [0.25, 0.3) is 10.9 Å². The van der Waals surface area contributed by atoms with E-state index in [0.29, 0.717) is 5.52 Å². The van der Waals surface area contributed by atoms with E-state index in [1.54, 1.807) is 42.5 Å². The van der Waals surface area contributed by atoms with Crippen LogP contribution in [-0.2, 0) is 10.0 Å². The number of nitrogens with one attached hydrogen (secondary N) is 2. The highest BCUT2D eigenvalue weighted by atomic mass is 35.5. The summed E-state index contributed by atoms with van der Waals surface area (Å²) in [6, 6.07) is 21.3. The molecule has 0 radical (unpaired) electrons. The molecule has 31 heavy (non-hydrogen) atoms. The van der Waals surface area contributed by atoms with Crippen LogP contribution in [0.1, 0.15) is 10.5 Å². The van der Waals surface area contributed by atoms with Crippen molar-refractivity contribution in [2.45, 2.75) is 4.90 Å². The maximum atomic E-state index is 12.8. The third kappa shape index (κ3) is 4.64. The molecule has 2 N–H and O–H groups in total. The summed E-state index contributed by atoms with van der Waals surface area (Å²) in [7, 11) is -3.96. The summed E-state index contributed by atoms with van der Waals surface area (Å²) < 4.78 is 28.0. The predicted molar refractivity (Wildman–Crippen MR) is 123 cm³/mol. The van der Waals surface area contributed by atoms with Crippen molar-refractivity contribution >= 4 is 61.4 Å². The highest BCUT2D eigenvalue weighted by molar-refractivity contribution is 7.92. The Hall–Kier alpha value is -3.13. The molecule has 0 aliphatic carbocycles. The monoisotopic (exact) mass is 471 g/mol. The SMILES string of the molecule is O=C(Nc1cc(S(=O)(=O)Nc2ccccc2Cl)ccc1Cl)c1ccc2ccccc2n1. The van der Waals surface area contributed by atoms with E-state index in [2.05, 4.69) is 15.0 Å². The summed E-state index contributed by atoms with van der Waals surface area (Å²) in [5.74, 6) is -0.513. The first-order valence-electron chi connectivity index (χ1n) is 9.07. The quantitative estimate of drug-likeness (QED) is 0.396. The number of sulfonamides is 1. The van der Waals surface area contributed by atoms with Gasteiger partial charge < -0.3 is 5.32 Å². The van der Waals surface area contributed by atoms with Gasteiger partial charge in [0.2, 0.25) is 0 Å². The van der Waals surface area contributed by atoms with Gasteiger partial charge >= 0.3 is 0 Å². The number of halogens is 2. The van der Waals surface area contributed by atoms with Crippen molar-refractivity contribution < 1.29 is 13.2 Å². The standard InChI is InChI=1S/C22H15Cl2N3O3S/c23-16-6-2-4-8-19(16)27-31(29,30)15-10-11-17(24)21(13-15)26-22(28)20-12-9-14-5-1-3-7-18(14)25-20/h1-13,27H,(H,26,28). The second kappa shape index (κ2) is 8.55. The summed E-state index contributed by atoms with van der Waals surface area (Å²) in [5.41, 5.74) is 1.23. The average molecular weight is 472 g/mol. The van der Waals surface area contributed by atoms with Gasteiger partial charge in [-0.3, -0.25) is 9.52 Å². The number of hydrogen-bond donors (Lipinski definition) is 2. The number of rotatable bonds is 5. The Morgan fingerprint density at radius 2 is 1.52 bits per heavy atom. The van der Waals surface area contributed by atoms with Crippen molar-refractivity contribution in [3.63, 3.8) is 0 Å². The van der Waals surface area contributed by atoms with Crippen molar-refractivity contribution in [1.29, 1.82) is 0 Å². The summed E-state index contributed by atoms with van der Waals surface area (Å²) in [5, 5.41) is 3.97. The number of anilines is 2. The number of carbonyl (C=O) groups is 1. The first-order chi connectivity index (χ1) is 14.8. The lowest BCUT2D eigenvalue weighted by atomic mass is 10.2. The largest absolute Gasteiger partial charge is 0.319 e. The Kier molecular flexibility index (Phi) is 5.82. The molecule has 0 aliphatic heterocycles. The van der Waals surface area contributed by atoms with Gasteiger partial charge in [-0.25, -0.2) is 13.4 Å². The molecular weight excluding hydrogens is 457 g/mol. The normalized spacial score (nSPS) is 11.3. The van der Waals surface area contributed by atoms with Crippen molar-refractivity contribution in [3.8, 4) is 0 Å². The number of pyridine rings is 1. The van der Waals surface area contributed by atoms with Crippen molar-refractivity contribution in [1.82, 2.24) is 4.98 Å². The molecular formula is C22H15Cl2N3O3S. The van der Waals surface area contributed by atoms with Crippen LogP contribution in [0, 0.1) is 0 Å². The fourth-order valence-corrected chi connectivity index (χ4v) is 4.40. The van der Waals surface area contributed by atoms with E-state index in [1.165, 1.54) is 18.2 Å². The van der Waals surface area contributed by atoms with Crippen LogP contribution in [0.2, 0.25) is 10.0 Å². The topological polar surface area (TPSA) is 88.2 Å². The molecule has 0 atom stereocenters. The zero-order valence-electron chi connectivity index (χ0n) is 15.8. The smallest absolute Gasteiger partial charge is 0.274 e. The minimum Gasteiger partial charge on any atom is -0.319 e. The Morgan fingerprint density at radius 3 is 2.32 bits per heavy atom. The van der Waals surface area contributed by atoms with Crippen molar-refractivity contribution in [3.05, 3.63) is 94.6 Å². The molecule has 0 fully saturated rings. The van der Waals surface area contributed by atoms with Crippen LogP contribution >= 0.6 is 23.2 Å². The lowest BCUT2D eigenvalue weighted by molar-refractivity contribution is 0.102. The number of para-hydroxylation sites is 2. The Bertz CT molecular complexity index is 1410. The zero-order valence-corrected chi connectivity index (χ0v) is 18.2. The van der Waals surface area contributed by atoms with Crippen molar-refractivity contribution in [2.75, 3.05) is 10.0 Å². The number of fused-ring (bicyclic) bond motifs is 1. The van der Waals surface area contributed by atoms with Crippen LogP contribution in [0.5, 0.6) is 0 Å². The van der Waals surface area contributed by atoms with Gasteiger partial charge in [0.1, 0.15) is 5.69 Å². The molecule has 4 aromatic rings.